The summed E-state index contributed by atoms with van der Waals surface area (Å²) < 4.78 is 26.2. The summed E-state index contributed by atoms with van der Waals surface area (Å²) in [6.45, 7) is 1.01. The van der Waals surface area contributed by atoms with E-state index < -0.39 is 23.6 Å². The molecule has 0 spiro atoms. The molecular formula is C13H15F2N3O2. The Morgan fingerprint density at radius 2 is 2.00 bits per heavy atom. The largest absolute Gasteiger partial charge is 0.370 e. The van der Waals surface area contributed by atoms with Gasteiger partial charge in [0, 0.05) is 25.7 Å². The van der Waals surface area contributed by atoms with Gasteiger partial charge < -0.3 is 16.0 Å². The summed E-state index contributed by atoms with van der Waals surface area (Å²) in [6, 6.07) is 2.47. The lowest BCUT2D eigenvalue weighted by Crippen LogP contribution is -2.55. The first kappa shape index (κ1) is 14.4. The van der Waals surface area contributed by atoms with Crippen LogP contribution in [0.15, 0.2) is 18.2 Å². The Morgan fingerprint density at radius 3 is 2.60 bits per heavy atom. The second-order valence-electron chi connectivity index (χ2n) is 4.71. The van der Waals surface area contributed by atoms with Crippen molar-refractivity contribution in [2.45, 2.75) is 19.0 Å². The van der Waals surface area contributed by atoms with Crippen LogP contribution in [0.3, 0.4) is 0 Å². The predicted octanol–water partition coefficient (Wildman–Crippen LogP) is 0.141. The molecule has 108 valence electrons. The Balaban J connectivity index is 2.08. The van der Waals surface area contributed by atoms with Crippen molar-refractivity contribution in [3.05, 3.63) is 35.4 Å². The van der Waals surface area contributed by atoms with Crippen LogP contribution in [0.4, 0.5) is 8.78 Å². The Kier molecular flexibility index (Phi) is 4.29. The van der Waals surface area contributed by atoms with Gasteiger partial charge in [-0.2, -0.15) is 0 Å². The van der Waals surface area contributed by atoms with Crippen LogP contribution in [0, 0.1) is 11.6 Å². The van der Waals surface area contributed by atoms with Gasteiger partial charge in [-0.15, -0.1) is 0 Å². The average molecular weight is 283 g/mol. The molecule has 0 saturated carbocycles. The first-order valence-electron chi connectivity index (χ1n) is 6.21. The monoisotopic (exact) mass is 283 g/mol. The Labute approximate surface area is 114 Å². The lowest BCUT2D eigenvalue weighted by atomic mass is 10.1. The molecule has 7 heteroatoms. The molecule has 2 amide bonds. The fourth-order valence-corrected chi connectivity index (χ4v) is 2.23. The minimum absolute atomic E-state index is 0.0904. The molecule has 1 aliphatic rings. The minimum atomic E-state index is -0.684. The van der Waals surface area contributed by atoms with Crippen molar-refractivity contribution < 1.29 is 18.4 Å². The van der Waals surface area contributed by atoms with Gasteiger partial charge in [-0.25, -0.2) is 8.78 Å². The number of nitrogens with one attached hydrogen (secondary N) is 1. The number of hydrogen-bond donors (Lipinski definition) is 2. The van der Waals surface area contributed by atoms with Crippen LogP contribution in [-0.2, 0) is 16.1 Å². The lowest BCUT2D eigenvalue weighted by Gasteiger charge is -2.32. The van der Waals surface area contributed by atoms with Gasteiger partial charge in [0.05, 0.1) is 12.5 Å². The normalized spacial score (nSPS) is 19.2. The van der Waals surface area contributed by atoms with E-state index in [-0.39, 0.29) is 18.9 Å². The number of halogens is 2. The summed E-state index contributed by atoms with van der Waals surface area (Å²) in [6.07, 6.45) is -0.0904. The van der Waals surface area contributed by atoms with E-state index in [1.807, 2.05) is 0 Å². The van der Waals surface area contributed by atoms with Gasteiger partial charge in [0.25, 0.3) is 0 Å². The summed E-state index contributed by atoms with van der Waals surface area (Å²) in [5, 5.41) is 2.90. The molecule has 1 aliphatic heterocycles. The number of hydrogen-bond acceptors (Lipinski definition) is 3. The number of amides is 2. The second-order valence-corrected chi connectivity index (χ2v) is 4.71. The number of rotatable bonds is 4. The van der Waals surface area contributed by atoms with Crippen molar-refractivity contribution >= 4 is 11.8 Å². The fourth-order valence-electron chi connectivity index (χ4n) is 2.23. The lowest BCUT2D eigenvalue weighted by molar-refractivity contribution is -0.138. The quantitative estimate of drug-likeness (QED) is 0.825. The third kappa shape index (κ3) is 3.51. The van der Waals surface area contributed by atoms with Crippen molar-refractivity contribution in [3.8, 4) is 0 Å². The van der Waals surface area contributed by atoms with Crippen molar-refractivity contribution in [3.63, 3.8) is 0 Å². The number of nitrogens with two attached hydrogens (primary N) is 1. The van der Waals surface area contributed by atoms with E-state index in [2.05, 4.69) is 5.32 Å². The van der Waals surface area contributed by atoms with E-state index in [0.717, 1.165) is 6.07 Å². The summed E-state index contributed by atoms with van der Waals surface area (Å²) >= 11 is 0. The standard InChI is InChI=1S/C13H15F2N3O2/c14-9-3-8(4-10(15)5-9)7-18-2-1-17-11(13(18)20)6-12(16)19/h3-5,11,17H,1-2,6-7H2,(H2,16,19). The van der Waals surface area contributed by atoms with E-state index in [1.165, 1.54) is 17.0 Å². The maximum atomic E-state index is 13.1. The number of primary amides is 1. The van der Waals surface area contributed by atoms with E-state index >= 15 is 0 Å². The van der Waals surface area contributed by atoms with Crippen molar-refractivity contribution in [2.75, 3.05) is 13.1 Å². The first-order valence-corrected chi connectivity index (χ1v) is 6.21. The fraction of sp³-hybridized carbons (Fsp3) is 0.385. The summed E-state index contributed by atoms with van der Waals surface area (Å²) in [4.78, 5) is 24.4. The zero-order valence-electron chi connectivity index (χ0n) is 10.7. The zero-order valence-corrected chi connectivity index (χ0v) is 10.7. The first-order chi connectivity index (χ1) is 9.45. The third-order valence-corrected chi connectivity index (χ3v) is 3.08. The second kappa shape index (κ2) is 5.96. The van der Waals surface area contributed by atoms with Crippen LogP contribution >= 0.6 is 0 Å². The number of carbonyl (C=O) groups excluding carboxylic acids is 2. The van der Waals surface area contributed by atoms with Crippen LogP contribution in [0.25, 0.3) is 0 Å². The minimum Gasteiger partial charge on any atom is -0.370 e. The number of piperazine rings is 1. The van der Waals surface area contributed by atoms with Crippen molar-refractivity contribution in [1.82, 2.24) is 10.2 Å². The Morgan fingerprint density at radius 1 is 1.35 bits per heavy atom. The SMILES string of the molecule is NC(=O)CC1NCCN(Cc2cc(F)cc(F)c2)C1=O. The molecule has 0 bridgehead atoms. The molecule has 1 saturated heterocycles. The molecule has 0 aromatic heterocycles. The predicted molar refractivity (Wildman–Crippen MR) is 67.4 cm³/mol. The van der Waals surface area contributed by atoms with E-state index in [4.69, 9.17) is 5.73 Å². The molecule has 1 heterocycles. The molecule has 0 aliphatic carbocycles. The third-order valence-electron chi connectivity index (χ3n) is 3.08. The molecule has 1 unspecified atom stereocenters. The number of carbonyl (C=O) groups is 2. The highest BCUT2D eigenvalue weighted by molar-refractivity contribution is 5.88. The van der Waals surface area contributed by atoms with Crippen LogP contribution in [0.1, 0.15) is 12.0 Å². The van der Waals surface area contributed by atoms with E-state index in [1.54, 1.807) is 0 Å². The maximum Gasteiger partial charge on any atom is 0.240 e. The van der Waals surface area contributed by atoms with Crippen LogP contribution < -0.4 is 11.1 Å². The molecule has 1 fully saturated rings. The van der Waals surface area contributed by atoms with Crippen LogP contribution in [0.2, 0.25) is 0 Å². The molecule has 1 atom stereocenters. The number of benzene rings is 1. The highest BCUT2D eigenvalue weighted by atomic mass is 19.1. The molecule has 20 heavy (non-hydrogen) atoms. The molecule has 2 rings (SSSR count). The Bertz CT molecular complexity index is 516. The van der Waals surface area contributed by atoms with Crippen molar-refractivity contribution in [1.29, 1.82) is 0 Å². The molecule has 0 radical (unpaired) electrons. The van der Waals surface area contributed by atoms with Gasteiger partial charge in [-0.05, 0) is 17.7 Å². The topological polar surface area (TPSA) is 75.4 Å². The molecule has 1 aromatic carbocycles. The average Bonchev–Trinajstić information content (AvgIpc) is 2.32. The van der Waals surface area contributed by atoms with Gasteiger partial charge in [0.15, 0.2) is 0 Å². The maximum absolute atomic E-state index is 13.1. The molecule has 1 aromatic rings. The molecule has 5 nitrogen and oxygen atoms in total. The number of nitrogens with zero attached hydrogens (tertiary/aromatic N) is 1. The van der Waals surface area contributed by atoms with Gasteiger partial charge in [0.1, 0.15) is 11.6 Å². The summed E-state index contributed by atoms with van der Waals surface area (Å²) in [5.41, 5.74) is 5.45. The highest BCUT2D eigenvalue weighted by Crippen LogP contribution is 2.13. The van der Waals surface area contributed by atoms with Gasteiger partial charge >= 0.3 is 0 Å². The summed E-state index contributed by atoms with van der Waals surface area (Å²) in [5.74, 6) is -2.23. The van der Waals surface area contributed by atoms with Gasteiger partial charge in [-0.3, -0.25) is 9.59 Å². The Hall–Kier alpha value is -2.02. The van der Waals surface area contributed by atoms with Crippen LogP contribution in [0.5, 0.6) is 0 Å². The van der Waals surface area contributed by atoms with Crippen LogP contribution in [-0.4, -0.2) is 35.8 Å². The van der Waals surface area contributed by atoms with Gasteiger partial charge in [0.2, 0.25) is 11.8 Å². The smallest absolute Gasteiger partial charge is 0.240 e. The zero-order chi connectivity index (χ0) is 14.7. The molecule has 3 N–H and O–H groups in total. The summed E-state index contributed by atoms with van der Waals surface area (Å²) in [7, 11) is 0. The molecular weight excluding hydrogens is 268 g/mol. The van der Waals surface area contributed by atoms with E-state index in [9.17, 15) is 18.4 Å². The van der Waals surface area contributed by atoms with Crippen molar-refractivity contribution in [2.24, 2.45) is 5.73 Å². The van der Waals surface area contributed by atoms with E-state index in [0.29, 0.717) is 18.7 Å². The van der Waals surface area contributed by atoms with Gasteiger partial charge in [-0.1, -0.05) is 0 Å². The highest BCUT2D eigenvalue weighted by Gasteiger charge is 2.29.